The molecular weight excluding hydrogens is 200 g/mol. The first-order chi connectivity index (χ1) is 7.72. The molecule has 1 rings (SSSR count). The van der Waals surface area contributed by atoms with Crippen LogP contribution in [0.4, 0.5) is 0 Å². The maximum Gasteiger partial charge on any atom is 0.223 e. The Morgan fingerprint density at radius 3 is 2.38 bits per heavy atom. The third-order valence-corrected chi connectivity index (χ3v) is 3.49. The van der Waals surface area contributed by atoms with Crippen LogP contribution in [-0.4, -0.2) is 36.5 Å². The zero-order chi connectivity index (χ0) is 12.0. The van der Waals surface area contributed by atoms with E-state index in [1.165, 1.54) is 19.3 Å². The van der Waals surface area contributed by atoms with Crippen LogP contribution in [0, 0.1) is 5.92 Å². The van der Waals surface area contributed by atoms with Crippen molar-refractivity contribution in [3.05, 3.63) is 0 Å². The van der Waals surface area contributed by atoms with Crippen LogP contribution in [0.1, 0.15) is 46.5 Å². The van der Waals surface area contributed by atoms with Gasteiger partial charge in [-0.3, -0.25) is 4.79 Å². The number of hydrogen-bond donors (Lipinski definition) is 1. The summed E-state index contributed by atoms with van der Waals surface area (Å²) in [5.41, 5.74) is 0. The zero-order valence-corrected chi connectivity index (χ0v) is 11.0. The number of amides is 1. The Labute approximate surface area is 99.6 Å². The molecular formula is C13H26N2O. The van der Waals surface area contributed by atoms with Crippen LogP contribution < -0.4 is 5.32 Å². The first-order valence-corrected chi connectivity index (χ1v) is 6.74. The molecule has 1 N–H and O–H groups in total. The van der Waals surface area contributed by atoms with Gasteiger partial charge in [0.15, 0.2) is 0 Å². The lowest BCUT2D eigenvalue weighted by atomic mass is 10.1. The Bertz CT molecular complexity index is 210. The van der Waals surface area contributed by atoms with E-state index in [2.05, 4.69) is 12.2 Å². The summed E-state index contributed by atoms with van der Waals surface area (Å²) in [5, 5.41) is 3.52. The third-order valence-electron chi connectivity index (χ3n) is 3.49. The first-order valence-electron chi connectivity index (χ1n) is 6.74. The average molecular weight is 226 g/mol. The van der Waals surface area contributed by atoms with Crippen LogP contribution in [-0.2, 0) is 4.79 Å². The van der Waals surface area contributed by atoms with Gasteiger partial charge in [0.25, 0.3) is 0 Å². The molecule has 0 saturated heterocycles. The molecule has 1 aliphatic carbocycles. The predicted molar refractivity (Wildman–Crippen MR) is 67.4 cm³/mol. The zero-order valence-electron chi connectivity index (χ0n) is 11.0. The molecule has 3 nitrogen and oxygen atoms in total. The van der Waals surface area contributed by atoms with Crippen molar-refractivity contribution in [1.29, 1.82) is 0 Å². The van der Waals surface area contributed by atoms with Gasteiger partial charge in [-0.05, 0) is 39.0 Å². The Hall–Kier alpha value is -0.570. The van der Waals surface area contributed by atoms with Gasteiger partial charge in [0, 0.05) is 32.1 Å². The molecule has 16 heavy (non-hydrogen) atoms. The minimum Gasteiger partial charge on any atom is -0.343 e. The molecule has 0 spiro atoms. The Kier molecular flexibility index (Phi) is 5.81. The van der Waals surface area contributed by atoms with Crippen LogP contribution in [0.3, 0.4) is 0 Å². The average Bonchev–Trinajstić information content (AvgIpc) is 3.10. The number of carbonyl (C=O) groups excluding carboxylic acids is 1. The minimum atomic E-state index is 0.281. The molecule has 0 radical (unpaired) electrons. The van der Waals surface area contributed by atoms with E-state index in [0.29, 0.717) is 12.5 Å². The van der Waals surface area contributed by atoms with E-state index in [1.807, 2.05) is 18.7 Å². The standard InChI is InChI=1S/C13H26N2O/c1-4-12(11-7-8-11)14-10-9-13(16)15(5-2)6-3/h11-12,14H,4-10H2,1-3H3. The fourth-order valence-corrected chi connectivity index (χ4v) is 2.24. The van der Waals surface area contributed by atoms with Gasteiger partial charge in [-0.25, -0.2) is 0 Å². The van der Waals surface area contributed by atoms with E-state index in [1.54, 1.807) is 0 Å². The van der Waals surface area contributed by atoms with Gasteiger partial charge in [-0.1, -0.05) is 6.92 Å². The molecule has 1 unspecified atom stereocenters. The quantitative estimate of drug-likeness (QED) is 0.687. The van der Waals surface area contributed by atoms with E-state index >= 15 is 0 Å². The molecule has 1 aliphatic rings. The number of rotatable bonds is 8. The molecule has 1 amide bonds. The Morgan fingerprint density at radius 1 is 1.31 bits per heavy atom. The number of nitrogens with zero attached hydrogens (tertiary/aromatic N) is 1. The predicted octanol–water partition coefficient (Wildman–Crippen LogP) is 2.02. The van der Waals surface area contributed by atoms with Gasteiger partial charge in [-0.2, -0.15) is 0 Å². The lowest BCUT2D eigenvalue weighted by Gasteiger charge is -2.20. The van der Waals surface area contributed by atoms with Gasteiger partial charge < -0.3 is 10.2 Å². The molecule has 0 bridgehead atoms. The van der Waals surface area contributed by atoms with E-state index in [-0.39, 0.29) is 5.91 Å². The number of nitrogens with one attached hydrogen (secondary N) is 1. The largest absolute Gasteiger partial charge is 0.343 e. The molecule has 3 heteroatoms. The van der Waals surface area contributed by atoms with E-state index < -0.39 is 0 Å². The highest BCUT2D eigenvalue weighted by molar-refractivity contribution is 5.76. The van der Waals surface area contributed by atoms with Gasteiger partial charge in [0.2, 0.25) is 5.91 Å². The molecule has 0 aromatic rings. The molecule has 1 fully saturated rings. The Morgan fingerprint density at radius 2 is 1.94 bits per heavy atom. The van der Waals surface area contributed by atoms with Crippen molar-refractivity contribution in [2.75, 3.05) is 19.6 Å². The molecule has 0 aromatic heterocycles. The highest BCUT2D eigenvalue weighted by Crippen LogP contribution is 2.33. The van der Waals surface area contributed by atoms with Crippen molar-refractivity contribution in [2.45, 2.75) is 52.5 Å². The summed E-state index contributed by atoms with van der Waals surface area (Å²) in [6.07, 6.45) is 4.57. The van der Waals surface area contributed by atoms with Crippen molar-refractivity contribution in [1.82, 2.24) is 10.2 Å². The van der Waals surface area contributed by atoms with Crippen molar-refractivity contribution in [3.63, 3.8) is 0 Å². The van der Waals surface area contributed by atoms with E-state index in [9.17, 15) is 4.79 Å². The van der Waals surface area contributed by atoms with Crippen LogP contribution in [0.25, 0.3) is 0 Å². The first kappa shape index (κ1) is 13.5. The van der Waals surface area contributed by atoms with Crippen LogP contribution in [0.2, 0.25) is 0 Å². The summed E-state index contributed by atoms with van der Waals surface area (Å²) >= 11 is 0. The molecule has 1 saturated carbocycles. The van der Waals surface area contributed by atoms with Gasteiger partial charge >= 0.3 is 0 Å². The lowest BCUT2D eigenvalue weighted by molar-refractivity contribution is -0.130. The van der Waals surface area contributed by atoms with Gasteiger partial charge in [0.1, 0.15) is 0 Å². The van der Waals surface area contributed by atoms with E-state index in [4.69, 9.17) is 0 Å². The Balaban J connectivity index is 2.15. The fraction of sp³-hybridized carbons (Fsp3) is 0.923. The van der Waals surface area contributed by atoms with Crippen molar-refractivity contribution >= 4 is 5.91 Å². The van der Waals surface area contributed by atoms with Crippen molar-refractivity contribution in [3.8, 4) is 0 Å². The maximum absolute atomic E-state index is 11.7. The molecule has 94 valence electrons. The molecule has 0 heterocycles. The SMILES string of the molecule is CCC(NCCC(=O)N(CC)CC)C1CC1. The number of hydrogen-bond acceptors (Lipinski definition) is 2. The topological polar surface area (TPSA) is 32.3 Å². The van der Waals surface area contributed by atoms with Crippen molar-refractivity contribution in [2.24, 2.45) is 5.92 Å². The fourth-order valence-electron chi connectivity index (χ4n) is 2.24. The summed E-state index contributed by atoms with van der Waals surface area (Å²) in [7, 11) is 0. The summed E-state index contributed by atoms with van der Waals surface area (Å²) in [6.45, 7) is 8.79. The summed E-state index contributed by atoms with van der Waals surface area (Å²) in [5.74, 6) is 1.16. The highest BCUT2D eigenvalue weighted by atomic mass is 16.2. The lowest BCUT2D eigenvalue weighted by Crippen LogP contribution is -2.36. The second-order valence-electron chi connectivity index (χ2n) is 4.62. The highest BCUT2D eigenvalue weighted by Gasteiger charge is 2.29. The van der Waals surface area contributed by atoms with Crippen LogP contribution in [0.15, 0.2) is 0 Å². The smallest absolute Gasteiger partial charge is 0.223 e. The van der Waals surface area contributed by atoms with Crippen molar-refractivity contribution < 1.29 is 4.79 Å². The van der Waals surface area contributed by atoms with Crippen LogP contribution in [0.5, 0.6) is 0 Å². The second-order valence-corrected chi connectivity index (χ2v) is 4.62. The minimum absolute atomic E-state index is 0.281. The normalized spacial score (nSPS) is 17.2. The van der Waals surface area contributed by atoms with Gasteiger partial charge in [-0.15, -0.1) is 0 Å². The van der Waals surface area contributed by atoms with Crippen LogP contribution >= 0.6 is 0 Å². The van der Waals surface area contributed by atoms with Gasteiger partial charge in [0.05, 0.1) is 0 Å². The number of carbonyl (C=O) groups is 1. The monoisotopic (exact) mass is 226 g/mol. The third kappa shape index (κ3) is 4.12. The summed E-state index contributed by atoms with van der Waals surface area (Å²) < 4.78 is 0. The summed E-state index contributed by atoms with van der Waals surface area (Å²) in [6, 6.07) is 0.643. The molecule has 1 atom stereocenters. The van der Waals surface area contributed by atoms with E-state index in [0.717, 1.165) is 25.6 Å². The second kappa shape index (κ2) is 6.89. The molecule has 0 aliphatic heterocycles. The molecule has 0 aromatic carbocycles. The maximum atomic E-state index is 11.7. The summed E-state index contributed by atoms with van der Waals surface area (Å²) in [4.78, 5) is 13.6.